The zero-order chi connectivity index (χ0) is 25.0. The molecule has 3 aromatic rings. The Balaban J connectivity index is 1.52. The molecule has 0 saturated carbocycles. The van der Waals surface area contributed by atoms with E-state index in [9.17, 15) is 22.4 Å². The van der Waals surface area contributed by atoms with Crippen LogP contribution in [-0.2, 0) is 20.6 Å². The molecule has 7 nitrogen and oxygen atoms in total. The van der Waals surface area contributed by atoms with Crippen LogP contribution in [0.2, 0.25) is 5.02 Å². The molecule has 10 heteroatoms. The molecule has 0 aliphatic carbocycles. The minimum Gasteiger partial charge on any atom is -0.336 e. The Bertz CT molecular complexity index is 1340. The number of nitrogens with one attached hydrogen (secondary N) is 1. The number of carbonyl (C=O) groups excluding carboxylic acids is 2. The van der Waals surface area contributed by atoms with Crippen LogP contribution in [0.15, 0.2) is 66.7 Å². The fourth-order valence-electron chi connectivity index (χ4n) is 4.02. The monoisotopic (exact) mass is 515 g/mol. The van der Waals surface area contributed by atoms with Crippen molar-refractivity contribution in [3.05, 3.63) is 88.7 Å². The quantitative estimate of drug-likeness (QED) is 0.482. The van der Waals surface area contributed by atoms with Gasteiger partial charge in [-0.25, -0.2) is 12.8 Å². The van der Waals surface area contributed by atoms with Gasteiger partial charge in [-0.05, 0) is 41.5 Å². The minimum atomic E-state index is -3.53. The normalized spacial score (nSPS) is 14.5. The molecule has 0 radical (unpaired) electrons. The number of amides is 2. The Morgan fingerprint density at radius 1 is 1.00 bits per heavy atom. The number of anilines is 1. The van der Waals surface area contributed by atoms with Gasteiger partial charge in [-0.1, -0.05) is 48.0 Å². The van der Waals surface area contributed by atoms with Gasteiger partial charge in [0.2, 0.25) is 16.4 Å². The van der Waals surface area contributed by atoms with Crippen LogP contribution in [0, 0.1) is 5.82 Å². The van der Waals surface area contributed by atoms with Gasteiger partial charge in [-0.15, -0.1) is 0 Å². The average Bonchev–Trinajstić information content (AvgIpc) is 2.85. The fourth-order valence-corrected chi connectivity index (χ4v) is 5.69. The zero-order valence-corrected chi connectivity index (χ0v) is 20.2. The Hall–Kier alpha value is -3.27. The zero-order valence-electron chi connectivity index (χ0n) is 18.7. The molecule has 1 fully saturated rings. The van der Waals surface area contributed by atoms with Crippen LogP contribution in [0.25, 0.3) is 11.1 Å². The van der Waals surface area contributed by atoms with Gasteiger partial charge < -0.3 is 10.2 Å². The third kappa shape index (κ3) is 5.70. The molecule has 2 amide bonds. The van der Waals surface area contributed by atoms with E-state index in [4.69, 9.17) is 11.6 Å². The van der Waals surface area contributed by atoms with Crippen LogP contribution in [0.5, 0.6) is 0 Å². The largest absolute Gasteiger partial charge is 0.336 e. The highest BCUT2D eigenvalue weighted by molar-refractivity contribution is 7.88. The van der Waals surface area contributed by atoms with E-state index < -0.39 is 15.8 Å². The predicted molar refractivity (Wildman–Crippen MR) is 133 cm³/mol. The van der Waals surface area contributed by atoms with Crippen LogP contribution < -0.4 is 5.32 Å². The molecular formula is C25H23ClFN3O4S. The fraction of sp³-hybridized carbons (Fsp3) is 0.200. The summed E-state index contributed by atoms with van der Waals surface area (Å²) in [6, 6.07) is 17.8. The lowest BCUT2D eigenvalue weighted by Crippen LogP contribution is -2.50. The minimum absolute atomic E-state index is 0.107. The molecular weight excluding hydrogens is 493 g/mol. The number of piperazine rings is 1. The van der Waals surface area contributed by atoms with Crippen molar-refractivity contribution in [3.8, 4) is 11.1 Å². The van der Waals surface area contributed by atoms with Crippen molar-refractivity contribution < 1.29 is 22.4 Å². The van der Waals surface area contributed by atoms with Crippen LogP contribution in [-0.4, -0.2) is 56.1 Å². The number of hydrogen-bond donors (Lipinski definition) is 1. The second kappa shape index (κ2) is 10.6. The first-order chi connectivity index (χ1) is 16.8. The van der Waals surface area contributed by atoms with Gasteiger partial charge in [-0.3, -0.25) is 9.59 Å². The Morgan fingerprint density at radius 2 is 1.71 bits per heavy atom. The van der Waals surface area contributed by atoms with E-state index in [1.165, 1.54) is 33.5 Å². The van der Waals surface area contributed by atoms with E-state index in [0.717, 1.165) is 0 Å². The number of hydrogen-bond acceptors (Lipinski definition) is 4. The number of benzene rings is 3. The highest BCUT2D eigenvalue weighted by atomic mass is 35.5. The van der Waals surface area contributed by atoms with Gasteiger partial charge in [-0.2, -0.15) is 4.31 Å². The van der Waals surface area contributed by atoms with Gasteiger partial charge in [0.05, 0.1) is 17.0 Å². The predicted octanol–water partition coefficient (Wildman–Crippen LogP) is 4.00. The molecule has 1 saturated heterocycles. The summed E-state index contributed by atoms with van der Waals surface area (Å²) in [5.74, 6) is -1.03. The summed E-state index contributed by atoms with van der Waals surface area (Å²) >= 11 is 5.85. The Kier molecular flexibility index (Phi) is 7.49. The molecule has 1 aliphatic rings. The maximum absolute atomic E-state index is 14.5. The van der Waals surface area contributed by atoms with Gasteiger partial charge in [0, 0.05) is 36.8 Å². The standard InChI is InChI=1S/C25H23ClFN3O4S/c26-20-7-8-21(23(27)15-20)19-6-9-24(28-17-31)22(14-19)25(32)29-10-12-30(13-11-29)35(33,34)16-18-4-2-1-3-5-18/h1-9,14-15,17H,10-13,16H2,(H,28,31). The summed E-state index contributed by atoms with van der Waals surface area (Å²) in [4.78, 5) is 26.0. The molecule has 182 valence electrons. The molecule has 0 atom stereocenters. The summed E-state index contributed by atoms with van der Waals surface area (Å²) < 4.78 is 41.5. The number of nitrogens with zero attached hydrogens (tertiary/aromatic N) is 2. The van der Waals surface area contributed by atoms with Crippen LogP contribution in [0.3, 0.4) is 0 Å². The van der Waals surface area contributed by atoms with Gasteiger partial charge >= 0.3 is 0 Å². The highest BCUT2D eigenvalue weighted by Crippen LogP contribution is 2.30. The molecule has 1 N–H and O–H groups in total. The molecule has 0 bridgehead atoms. The molecule has 0 aromatic heterocycles. The molecule has 1 heterocycles. The van der Waals surface area contributed by atoms with E-state index in [0.29, 0.717) is 17.5 Å². The summed E-state index contributed by atoms with van der Waals surface area (Å²) in [6.45, 7) is 0.686. The SMILES string of the molecule is O=CNc1ccc(-c2ccc(Cl)cc2F)cc1C(=O)N1CCN(S(=O)(=O)Cc2ccccc2)CC1. The van der Waals surface area contributed by atoms with Crippen LogP contribution >= 0.6 is 11.6 Å². The van der Waals surface area contributed by atoms with E-state index in [2.05, 4.69) is 5.32 Å². The Morgan fingerprint density at radius 3 is 2.37 bits per heavy atom. The maximum Gasteiger partial charge on any atom is 0.256 e. The number of sulfonamides is 1. The highest BCUT2D eigenvalue weighted by Gasteiger charge is 2.30. The summed E-state index contributed by atoms with van der Waals surface area (Å²) in [5.41, 5.74) is 1.87. The van der Waals surface area contributed by atoms with Crippen molar-refractivity contribution in [2.45, 2.75) is 5.75 Å². The van der Waals surface area contributed by atoms with Crippen molar-refractivity contribution in [1.29, 1.82) is 0 Å². The first-order valence-electron chi connectivity index (χ1n) is 10.9. The molecule has 4 rings (SSSR count). The third-order valence-corrected chi connectivity index (χ3v) is 7.90. The van der Waals surface area contributed by atoms with Crippen molar-refractivity contribution in [2.24, 2.45) is 0 Å². The summed E-state index contributed by atoms with van der Waals surface area (Å²) in [6.07, 6.45) is 0.461. The molecule has 0 unspecified atom stereocenters. The lowest BCUT2D eigenvalue weighted by atomic mass is 10.0. The molecule has 1 aliphatic heterocycles. The summed E-state index contributed by atoms with van der Waals surface area (Å²) in [5, 5.41) is 2.76. The lowest BCUT2D eigenvalue weighted by molar-refractivity contribution is -0.105. The van der Waals surface area contributed by atoms with E-state index in [1.807, 2.05) is 6.07 Å². The second-order valence-electron chi connectivity index (χ2n) is 8.08. The van der Waals surface area contributed by atoms with Gasteiger partial charge in [0.15, 0.2) is 0 Å². The average molecular weight is 516 g/mol. The smallest absolute Gasteiger partial charge is 0.256 e. The topological polar surface area (TPSA) is 86.8 Å². The summed E-state index contributed by atoms with van der Waals surface area (Å²) in [7, 11) is -3.53. The van der Waals surface area contributed by atoms with Gasteiger partial charge in [0.25, 0.3) is 5.91 Å². The third-order valence-electron chi connectivity index (χ3n) is 5.82. The van der Waals surface area contributed by atoms with E-state index in [-0.39, 0.29) is 59.7 Å². The van der Waals surface area contributed by atoms with Crippen molar-refractivity contribution in [2.75, 3.05) is 31.5 Å². The Labute approximate surface area is 208 Å². The number of rotatable bonds is 7. The second-order valence-corrected chi connectivity index (χ2v) is 10.5. The van der Waals surface area contributed by atoms with E-state index in [1.54, 1.807) is 36.4 Å². The van der Waals surface area contributed by atoms with Crippen molar-refractivity contribution in [1.82, 2.24) is 9.21 Å². The van der Waals surface area contributed by atoms with Crippen LogP contribution in [0.4, 0.5) is 10.1 Å². The first kappa shape index (κ1) is 24.8. The van der Waals surface area contributed by atoms with Crippen LogP contribution in [0.1, 0.15) is 15.9 Å². The number of carbonyl (C=O) groups is 2. The van der Waals surface area contributed by atoms with E-state index >= 15 is 0 Å². The number of halogens is 2. The van der Waals surface area contributed by atoms with Crippen molar-refractivity contribution in [3.63, 3.8) is 0 Å². The molecule has 3 aromatic carbocycles. The maximum atomic E-state index is 14.5. The first-order valence-corrected chi connectivity index (χ1v) is 12.9. The van der Waals surface area contributed by atoms with Gasteiger partial charge in [0.1, 0.15) is 5.82 Å². The molecule has 0 spiro atoms. The lowest BCUT2D eigenvalue weighted by Gasteiger charge is -2.34. The molecule has 35 heavy (non-hydrogen) atoms. The van der Waals surface area contributed by atoms with Crippen molar-refractivity contribution >= 4 is 39.6 Å².